The number of anilines is 1. The summed E-state index contributed by atoms with van der Waals surface area (Å²) in [4.78, 5) is 37.5. The molecule has 0 radical (unpaired) electrons. The Balaban J connectivity index is 1.25. The molecule has 0 aromatic carbocycles. The molecule has 4 heterocycles. The van der Waals surface area contributed by atoms with Crippen molar-refractivity contribution in [2.75, 3.05) is 50.7 Å². The normalized spacial score (nSPS) is 19.5. The Morgan fingerprint density at radius 1 is 1.05 bits per heavy atom. The van der Waals surface area contributed by atoms with Crippen molar-refractivity contribution < 1.29 is 35.9 Å². The van der Waals surface area contributed by atoms with Crippen molar-refractivity contribution in [2.45, 2.75) is 37.7 Å². The van der Waals surface area contributed by atoms with Crippen LogP contribution in [0.1, 0.15) is 36.4 Å². The molecule has 2 saturated heterocycles. The number of amides is 1. The van der Waals surface area contributed by atoms with Gasteiger partial charge in [-0.25, -0.2) is 15.1 Å². The topological polar surface area (TPSA) is 108 Å². The van der Waals surface area contributed by atoms with E-state index < -0.39 is 29.4 Å². The number of alkyl halides is 6. The molecular formula is C22H25F6N7O3. The molecule has 208 valence electrons. The number of nitrogens with zero attached hydrogens (tertiary/aromatic N) is 6. The number of piperidine rings is 1. The number of rotatable bonds is 6. The van der Waals surface area contributed by atoms with Crippen molar-refractivity contribution in [1.29, 1.82) is 0 Å². The number of aromatic nitrogens is 4. The van der Waals surface area contributed by atoms with E-state index in [4.69, 9.17) is 0 Å². The van der Waals surface area contributed by atoms with Gasteiger partial charge in [-0.2, -0.15) is 18.3 Å². The van der Waals surface area contributed by atoms with Gasteiger partial charge < -0.3 is 19.4 Å². The first-order valence-electron chi connectivity index (χ1n) is 11.9. The molecule has 2 aromatic rings. The zero-order chi connectivity index (χ0) is 27.5. The number of hydrogen-bond donors (Lipinski definition) is 1. The monoisotopic (exact) mass is 549 g/mol. The van der Waals surface area contributed by atoms with Gasteiger partial charge in [0.1, 0.15) is 5.56 Å². The number of carbonyl (C=O) groups excluding carboxylic acids is 1. The molecule has 0 aliphatic carbocycles. The van der Waals surface area contributed by atoms with Gasteiger partial charge in [0.25, 0.3) is 5.56 Å². The number of ether oxygens (including phenoxy) is 1. The minimum absolute atomic E-state index is 0.0804. The van der Waals surface area contributed by atoms with Crippen molar-refractivity contribution in [2.24, 2.45) is 0 Å². The summed E-state index contributed by atoms with van der Waals surface area (Å²) >= 11 is 0. The first-order valence-corrected chi connectivity index (χ1v) is 11.9. The van der Waals surface area contributed by atoms with Crippen LogP contribution in [0.15, 0.2) is 23.3 Å². The molecule has 1 N–H and O–H groups in total. The van der Waals surface area contributed by atoms with Crippen molar-refractivity contribution in [1.82, 2.24) is 30.0 Å². The summed E-state index contributed by atoms with van der Waals surface area (Å²) in [6.07, 6.45) is -6.17. The van der Waals surface area contributed by atoms with Crippen molar-refractivity contribution in [3.63, 3.8) is 0 Å². The molecule has 38 heavy (non-hydrogen) atoms. The van der Waals surface area contributed by atoms with Crippen LogP contribution in [-0.4, -0.2) is 88.0 Å². The molecule has 1 amide bonds. The minimum Gasteiger partial charge on any atom is -0.402 e. The number of carbonyl (C=O) groups is 1. The van der Waals surface area contributed by atoms with Crippen molar-refractivity contribution in [3.8, 4) is 5.75 Å². The van der Waals surface area contributed by atoms with Gasteiger partial charge in [0.05, 0.1) is 18.1 Å². The molecule has 0 spiro atoms. The largest absolute Gasteiger partial charge is 0.573 e. The summed E-state index contributed by atoms with van der Waals surface area (Å²) in [5, 5.41) is 5.76. The molecule has 2 fully saturated rings. The molecule has 10 nitrogen and oxygen atoms in total. The number of likely N-dealkylation sites (tertiary alicyclic amines) is 1. The fourth-order valence-corrected chi connectivity index (χ4v) is 4.57. The lowest BCUT2D eigenvalue weighted by atomic mass is 9.93. The van der Waals surface area contributed by atoms with Crippen LogP contribution < -0.4 is 15.2 Å². The average Bonchev–Trinajstić information content (AvgIpc) is 2.87. The molecule has 2 aliphatic heterocycles. The molecule has 0 bridgehead atoms. The van der Waals surface area contributed by atoms with E-state index in [2.05, 4.69) is 19.8 Å². The number of piperazine rings is 1. The molecular weight excluding hydrogens is 524 g/mol. The second-order valence-electron chi connectivity index (χ2n) is 9.06. The molecule has 2 aromatic heterocycles. The lowest BCUT2D eigenvalue weighted by Gasteiger charge is -2.36. The Hall–Kier alpha value is -3.43. The summed E-state index contributed by atoms with van der Waals surface area (Å²) in [7, 11) is 0. The first kappa shape index (κ1) is 27.6. The zero-order valence-electron chi connectivity index (χ0n) is 20.1. The maximum absolute atomic E-state index is 13.1. The Bertz CT molecular complexity index is 1160. The predicted molar refractivity (Wildman–Crippen MR) is 120 cm³/mol. The highest BCUT2D eigenvalue weighted by Gasteiger charge is 2.36. The summed E-state index contributed by atoms with van der Waals surface area (Å²) in [6, 6.07) is 0.804. The Kier molecular flexibility index (Phi) is 8.08. The lowest BCUT2D eigenvalue weighted by molar-refractivity contribution is -0.274. The van der Waals surface area contributed by atoms with Crippen LogP contribution in [0, 0.1) is 0 Å². The molecule has 1 unspecified atom stereocenters. The maximum atomic E-state index is 13.1. The maximum Gasteiger partial charge on any atom is 0.573 e. The average molecular weight is 549 g/mol. The summed E-state index contributed by atoms with van der Waals surface area (Å²) in [5.74, 6) is -0.668. The fourth-order valence-electron chi connectivity index (χ4n) is 4.57. The minimum atomic E-state index is -4.83. The van der Waals surface area contributed by atoms with Crippen LogP contribution in [0.2, 0.25) is 0 Å². The van der Waals surface area contributed by atoms with E-state index in [-0.39, 0.29) is 29.9 Å². The summed E-state index contributed by atoms with van der Waals surface area (Å²) < 4.78 is 79.9. The first-order chi connectivity index (χ1) is 17.9. The highest BCUT2D eigenvalue weighted by molar-refractivity contribution is 5.76. The third kappa shape index (κ3) is 7.11. The molecule has 4 rings (SSSR count). The molecule has 1 atom stereocenters. The smallest absolute Gasteiger partial charge is 0.402 e. The van der Waals surface area contributed by atoms with Gasteiger partial charge in [-0.15, -0.1) is 13.2 Å². The van der Waals surface area contributed by atoms with E-state index in [9.17, 15) is 35.9 Å². The Morgan fingerprint density at radius 3 is 2.37 bits per heavy atom. The standard InChI is InChI=1S/C22H25F6N7O3/c23-21(24,25)16-10-17(31-32-19(16)37)14-2-1-4-33(13-14)5-3-18(36)34-6-8-35(9-7-34)20-29-11-15(12-30-20)38-22(26,27)28/h10-12,14H,1-9,13H2,(H,32,37). The summed E-state index contributed by atoms with van der Waals surface area (Å²) in [5.41, 5.74) is -2.38. The molecule has 2 aliphatic rings. The summed E-state index contributed by atoms with van der Waals surface area (Å²) in [6.45, 7) is 3.10. The van der Waals surface area contributed by atoms with Crippen LogP contribution in [0.3, 0.4) is 0 Å². The fraction of sp³-hybridized carbons (Fsp3) is 0.591. The Morgan fingerprint density at radius 2 is 1.74 bits per heavy atom. The number of aromatic amines is 1. The van der Waals surface area contributed by atoms with E-state index in [1.807, 2.05) is 10.00 Å². The van der Waals surface area contributed by atoms with Gasteiger partial charge >= 0.3 is 12.5 Å². The quantitative estimate of drug-likeness (QED) is 0.548. The van der Waals surface area contributed by atoms with Gasteiger partial charge in [-0.05, 0) is 25.5 Å². The van der Waals surface area contributed by atoms with Crippen LogP contribution >= 0.6 is 0 Å². The van der Waals surface area contributed by atoms with Crippen molar-refractivity contribution in [3.05, 3.63) is 40.1 Å². The third-order valence-electron chi connectivity index (χ3n) is 6.46. The van der Waals surface area contributed by atoms with Gasteiger partial charge in [-0.1, -0.05) is 0 Å². The van der Waals surface area contributed by atoms with Crippen molar-refractivity contribution >= 4 is 11.9 Å². The van der Waals surface area contributed by atoms with E-state index >= 15 is 0 Å². The van der Waals surface area contributed by atoms with E-state index in [1.165, 1.54) is 0 Å². The van der Waals surface area contributed by atoms with Crippen LogP contribution in [0.4, 0.5) is 32.3 Å². The van der Waals surface area contributed by atoms with Gasteiger partial charge in [0.2, 0.25) is 11.9 Å². The van der Waals surface area contributed by atoms with Crippen LogP contribution in [0.5, 0.6) is 5.75 Å². The highest BCUT2D eigenvalue weighted by atomic mass is 19.4. The van der Waals surface area contributed by atoms with Gasteiger partial charge in [0, 0.05) is 51.6 Å². The van der Waals surface area contributed by atoms with E-state index in [1.54, 1.807) is 9.80 Å². The zero-order valence-corrected chi connectivity index (χ0v) is 20.1. The van der Waals surface area contributed by atoms with Crippen LogP contribution in [-0.2, 0) is 11.0 Å². The number of H-pyrrole nitrogens is 1. The highest BCUT2D eigenvalue weighted by Crippen LogP contribution is 2.30. The van der Waals surface area contributed by atoms with Crippen LogP contribution in [0.25, 0.3) is 0 Å². The van der Waals surface area contributed by atoms with Gasteiger partial charge in [0.15, 0.2) is 5.75 Å². The second-order valence-corrected chi connectivity index (χ2v) is 9.06. The van der Waals surface area contributed by atoms with Gasteiger partial charge in [-0.3, -0.25) is 9.59 Å². The SMILES string of the molecule is O=C(CCN1CCCC(c2cc(C(F)(F)F)c(=O)[nH]n2)C1)N1CCN(c2ncc(OC(F)(F)F)cn2)CC1. The number of hydrogen-bond acceptors (Lipinski definition) is 8. The third-order valence-corrected chi connectivity index (χ3v) is 6.46. The predicted octanol–water partition coefficient (Wildman–Crippen LogP) is 2.40. The van der Waals surface area contributed by atoms with E-state index in [0.717, 1.165) is 18.5 Å². The lowest BCUT2D eigenvalue weighted by Crippen LogP contribution is -2.50. The number of halogens is 6. The van der Waals surface area contributed by atoms with E-state index in [0.29, 0.717) is 58.7 Å². The Labute approximate surface area is 212 Å². The second kappa shape index (κ2) is 11.1. The number of nitrogens with one attached hydrogen (secondary N) is 1. The molecule has 16 heteroatoms. The molecule has 0 saturated carbocycles.